The van der Waals surface area contributed by atoms with Crippen molar-refractivity contribution >= 4 is 11.6 Å². The molecule has 0 unspecified atom stereocenters. The molecule has 4 aliphatic carbocycles. The smallest absolute Gasteiger partial charge is 0.139 e. The number of carbonyl (C=O) groups is 2. The maximum absolute atomic E-state index is 12.3. The van der Waals surface area contributed by atoms with E-state index in [1.54, 1.807) is 0 Å². The SMILES string of the molecule is C[C@]12CC[C@H]3[C@@H](CC=C4CC(=O)CC[C@@H]43)[C@@H]1CCC2=O. The highest BCUT2D eigenvalue weighted by molar-refractivity contribution is 5.87. The van der Waals surface area contributed by atoms with Gasteiger partial charge in [-0.25, -0.2) is 0 Å². The van der Waals surface area contributed by atoms with Gasteiger partial charge in [0.15, 0.2) is 0 Å². The summed E-state index contributed by atoms with van der Waals surface area (Å²) in [5, 5.41) is 0. The van der Waals surface area contributed by atoms with Crippen molar-refractivity contribution in [1.82, 2.24) is 0 Å². The molecular weight excluding hydrogens is 248 g/mol. The molecule has 0 N–H and O–H groups in total. The van der Waals surface area contributed by atoms with Crippen molar-refractivity contribution in [3.8, 4) is 0 Å². The number of hydrogen-bond donors (Lipinski definition) is 0. The molecule has 4 aliphatic rings. The second kappa shape index (κ2) is 4.29. The Bertz CT molecular complexity index is 504. The normalized spacial score (nSPS) is 47.4. The average Bonchev–Trinajstić information content (AvgIpc) is 2.74. The zero-order chi connectivity index (χ0) is 13.9. The van der Waals surface area contributed by atoms with Crippen LogP contribution in [0, 0.1) is 29.1 Å². The van der Waals surface area contributed by atoms with E-state index >= 15 is 0 Å². The summed E-state index contributed by atoms with van der Waals surface area (Å²) < 4.78 is 0. The quantitative estimate of drug-likeness (QED) is 0.630. The minimum Gasteiger partial charge on any atom is -0.299 e. The van der Waals surface area contributed by atoms with Gasteiger partial charge in [0.25, 0.3) is 0 Å². The lowest BCUT2D eigenvalue weighted by Gasteiger charge is -2.51. The summed E-state index contributed by atoms with van der Waals surface area (Å²) in [7, 11) is 0. The highest BCUT2D eigenvalue weighted by atomic mass is 16.1. The van der Waals surface area contributed by atoms with Crippen LogP contribution in [0.15, 0.2) is 11.6 Å². The largest absolute Gasteiger partial charge is 0.299 e. The first-order valence-electron chi connectivity index (χ1n) is 8.33. The number of ketones is 2. The van der Waals surface area contributed by atoms with Gasteiger partial charge in [-0.15, -0.1) is 0 Å². The van der Waals surface area contributed by atoms with Crippen molar-refractivity contribution in [2.24, 2.45) is 29.1 Å². The predicted octanol–water partition coefficient (Wildman–Crippen LogP) is 3.70. The van der Waals surface area contributed by atoms with Crippen molar-refractivity contribution in [3.63, 3.8) is 0 Å². The van der Waals surface area contributed by atoms with E-state index in [0.29, 0.717) is 29.3 Å². The van der Waals surface area contributed by atoms with Crippen LogP contribution in [0.5, 0.6) is 0 Å². The predicted molar refractivity (Wildman–Crippen MR) is 77.1 cm³/mol. The molecule has 108 valence electrons. The third kappa shape index (κ3) is 1.63. The topological polar surface area (TPSA) is 34.1 Å². The Balaban J connectivity index is 1.65. The van der Waals surface area contributed by atoms with E-state index in [9.17, 15) is 9.59 Å². The molecule has 3 saturated carbocycles. The number of Topliss-reactive ketones (excluding diaryl/α,β-unsaturated/α-hetero) is 2. The van der Waals surface area contributed by atoms with E-state index in [1.807, 2.05) is 0 Å². The van der Waals surface area contributed by atoms with E-state index < -0.39 is 0 Å². The molecule has 0 amide bonds. The minimum absolute atomic E-state index is 0.0169. The van der Waals surface area contributed by atoms with Crippen LogP contribution >= 0.6 is 0 Å². The number of allylic oxidation sites excluding steroid dienone is 2. The Labute approximate surface area is 121 Å². The van der Waals surface area contributed by atoms with Crippen molar-refractivity contribution in [2.45, 2.75) is 58.3 Å². The highest BCUT2D eigenvalue weighted by Gasteiger charge is 2.55. The molecule has 0 aliphatic heterocycles. The average molecular weight is 272 g/mol. The molecule has 0 heterocycles. The molecule has 2 nitrogen and oxygen atoms in total. The molecule has 0 aromatic rings. The fourth-order valence-electron chi connectivity index (χ4n) is 5.88. The third-order valence-corrected chi connectivity index (χ3v) is 6.98. The number of fused-ring (bicyclic) bond motifs is 5. The first-order valence-corrected chi connectivity index (χ1v) is 8.33. The van der Waals surface area contributed by atoms with Crippen LogP contribution in [-0.4, -0.2) is 11.6 Å². The Morgan fingerprint density at radius 2 is 1.95 bits per heavy atom. The summed E-state index contributed by atoms with van der Waals surface area (Å²) in [5.41, 5.74) is 1.42. The van der Waals surface area contributed by atoms with Crippen LogP contribution in [0.4, 0.5) is 0 Å². The summed E-state index contributed by atoms with van der Waals surface area (Å²) in [6.07, 6.45) is 10.3. The maximum Gasteiger partial charge on any atom is 0.139 e. The zero-order valence-corrected chi connectivity index (χ0v) is 12.4. The fourth-order valence-corrected chi connectivity index (χ4v) is 5.88. The summed E-state index contributed by atoms with van der Waals surface area (Å²) in [4.78, 5) is 23.9. The van der Waals surface area contributed by atoms with E-state index in [0.717, 1.165) is 50.9 Å². The van der Waals surface area contributed by atoms with Crippen LogP contribution in [0.1, 0.15) is 58.3 Å². The summed E-state index contributed by atoms with van der Waals surface area (Å²) >= 11 is 0. The molecule has 5 atom stereocenters. The fraction of sp³-hybridized carbons (Fsp3) is 0.778. The molecule has 0 aromatic carbocycles. The highest BCUT2D eigenvalue weighted by Crippen LogP contribution is 2.59. The van der Waals surface area contributed by atoms with Crippen LogP contribution in [0.25, 0.3) is 0 Å². The van der Waals surface area contributed by atoms with Gasteiger partial charge in [-0.2, -0.15) is 0 Å². The Morgan fingerprint density at radius 1 is 1.10 bits per heavy atom. The van der Waals surface area contributed by atoms with Gasteiger partial charge >= 0.3 is 0 Å². The van der Waals surface area contributed by atoms with E-state index in [1.165, 1.54) is 12.0 Å². The van der Waals surface area contributed by atoms with Crippen molar-refractivity contribution in [3.05, 3.63) is 11.6 Å². The Kier molecular flexibility index (Phi) is 2.74. The van der Waals surface area contributed by atoms with Crippen LogP contribution < -0.4 is 0 Å². The molecule has 3 fully saturated rings. The summed E-state index contributed by atoms with van der Waals surface area (Å²) in [6.45, 7) is 2.23. The van der Waals surface area contributed by atoms with Crippen LogP contribution in [-0.2, 0) is 9.59 Å². The first-order chi connectivity index (χ1) is 9.59. The van der Waals surface area contributed by atoms with Crippen molar-refractivity contribution in [1.29, 1.82) is 0 Å². The molecule has 0 aromatic heterocycles. The molecule has 0 spiro atoms. The minimum atomic E-state index is -0.0169. The van der Waals surface area contributed by atoms with Crippen LogP contribution in [0.2, 0.25) is 0 Å². The Hall–Kier alpha value is -0.920. The van der Waals surface area contributed by atoms with E-state index in [-0.39, 0.29) is 5.41 Å². The van der Waals surface area contributed by atoms with Crippen molar-refractivity contribution in [2.75, 3.05) is 0 Å². The molecule has 0 radical (unpaired) electrons. The molecule has 2 heteroatoms. The van der Waals surface area contributed by atoms with Crippen molar-refractivity contribution < 1.29 is 9.59 Å². The zero-order valence-electron chi connectivity index (χ0n) is 12.4. The Morgan fingerprint density at radius 3 is 2.80 bits per heavy atom. The molecular formula is C18H24O2. The number of carbonyl (C=O) groups excluding carboxylic acids is 2. The standard InChI is InChI=1S/C18H24O2/c1-18-9-8-14-13-5-3-12(19)10-11(13)2-4-15(14)16(18)6-7-17(18)20/h2,13-16H,3-10H2,1H3/t13-,14+,15+,16-,18-/m0/s1. The van der Waals surface area contributed by atoms with E-state index in [4.69, 9.17) is 0 Å². The lowest BCUT2D eigenvalue weighted by molar-refractivity contribution is -0.130. The lowest BCUT2D eigenvalue weighted by atomic mass is 9.53. The van der Waals surface area contributed by atoms with Gasteiger partial charge in [-0.1, -0.05) is 18.6 Å². The van der Waals surface area contributed by atoms with Gasteiger partial charge in [0.2, 0.25) is 0 Å². The lowest BCUT2D eigenvalue weighted by Crippen LogP contribution is -2.46. The second-order valence-corrected chi connectivity index (χ2v) is 7.73. The summed E-state index contributed by atoms with van der Waals surface area (Å²) in [6, 6.07) is 0. The van der Waals surface area contributed by atoms with Gasteiger partial charge in [-0.05, 0) is 55.8 Å². The molecule has 4 rings (SSSR count). The number of rotatable bonds is 0. The van der Waals surface area contributed by atoms with Gasteiger partial charge in [0.05, 0.1) is 0 Å². The van der Waals surface area contributed by atoms with Gasteiger partial charge in [0.1, 0.15) is 11.6 Å². The van der Waals surface area contributed by atoms with Crippen LogP contribution in [0.3, 0.4) is 0 Å². The monoisotopic (exact) mass is 272 g/mol. The van der Waals surface area contributed by atoms with Gasteiger partial charge < -0.3 is 0 Å². The van der Waals surface area contributed by atoms with E-state index in [2.05, 4.69) is 13.0 Å². The van der Waals surface area contributed by atoms with Gasteiger partial charge in [-0.3, -0.25) is 9.59 Å². The third-order valence-electron chi connectivity index (χ3n) is 6.98. The maximum atomic E-state index is 12.3. The molecule has 0 saturated heterocycles. The molecule has 20 heavy (non-hydrogen) atoms. The number of hydrogen-bond acceptors (Lipinski definition) is 2. The van der Waals surface area contributed by atoms with Gasteiger partial charge in [0, 0.05) is 24.7 Å². The first kappa shape index (κ1) is 12.8. The summed E-state index contributed by atoms with van der Waals surface area (Å²) in [5.74, 6) is 3.70. The molecule has 0 bridgehead atoms. The second-order valence-electron chi connectivity index (χ2n) is 7.73.